The molecule has 1 aliphatic carbocycles. The highest BCUT2D eigenvalue weighted by molar-refractivity contribution is 7.80. The van der Waals surface area contributed by atoms with Crippen molar-refractivity contribution in [3.63, 3.8) is 0 Å². The van der Waals surface area contributed by atoms with Crippen LogP contribution in [0.3, 0.4) is 0 Å². The van der Waals surface area contributed by atoms with Gasteiger partial charge in [0.25, 0.3) is 0 Å². The molecular formula is C11H22N2S. The molecule has 0 spiro atoms. The van der Waals surface area contributed by atoms with Gasteiger partial charge in [-0.05, 0) is 45.3 Å². The van der Waals surface area contributed by atoms with Crippen molar-refractivity contribution >= 4 is 17.3 Å². The molecule has 1 aliphatic rings. The summed E-state index contributed by atoms with van der Waals surface area (Å²) in [5, 5.41) is 4.29. The van der Waals surface area contributed by atoms with Crippen molar-refractivity contribution in [3.8, 4) is 0 Å². The molecule has 1 fully saturated rings. The van der Waals surface area contributed by atoms with Crippen LogP contribution < -0.4 is 5.32 Å². The normalized spacial score (nSPS) is 15.7. The van der Waals surface area contributed by atoms with E-state index in [4.69, 9.17) is 12.2 Å². The molecule has 0 saturated heterocycles. The van der Waals surface area contributed by atoms with Crippen LogP contribution in [-0.4, -0.2) is 28.6 Å². The fourth-order valence-electron chi connectivity index (χ4n) is 1.49. The first-order valence-electron chi connectivity index (χ1n) is 5.72. The minimum Gasteiger partial charge on any atom is -0.360 e. The number of nitrogens with zero attached hydrogens (tertiary/aromatic N) is 1. The summed E-state index contributed by atoms with van der Waals surface area (Å²) >= 11 is 5.40. The summed E-state index contributed by atoms with van der Waals surface area (Å²) in [7, 11) is 0. The van der Waals surface area contributed by atoms with Crippen molar-refractivity contribution < 1.29 is 0 Å². The molecule has 0 aromatic carbocycles. The van der Waals surface area contributed by atoms with Crippen molar-refractivity contribution in [1.82, 2.24) is 10.2 Å². The SMILES string of the molecule is CCCCN(C(=S)NC(C)C)C1CC1. The van der Waals surface area contributed by atoms with E-state index in [0.717, 1.165) is 17.7 Å². The fourth-order valence-corrected chi connectivity index (χ4v) is 1.97. The average molecular weight is 214 g/mol. The topological polar surface area (TPSA) is 15.3 Å². The van der Waals surface area contributed by atoms with Crippen LogP contribution in [0.5, 0.6) is 0 Å². The van der Waals surface area contributed by atoms with Crippen molar-refractivity contribution in [1.29, 1.82) is 0 Å². The molecule has 1 saturated carbocycles. The third-order valence-corrected chi connectivity index (χ3v) is 2.77. The van der Waals surface area contributed by atoms with Crippen LogP contribution in [-0.2, 0) is 0 Å². The van der Waals surface area contributed by atoms with Gasteiger partial charge in [-0.2, -0.15) is 0 Å². The molecule has 0 aliphatic heterocycles. The van der Waals surface area contributed by atoms with E-state index in [0.29, 0.717) is 6.04 Å². The first-order chi connectivity index (χ1) is 6.65. The van der Waals surface area contributed by atoms with E-state index < -0.39 is 0 Å². The summed E-state index contributed by atoms with van der Waals surface area (Å²) in [5.74, 6) is 0. The Labute approximate surface area is 93.1 Å². The molecule has 14 heavy (non-hydrogen) atoms. The molecule has 3 heteroatoms. The molecule has 1 rings (SSSR count). The molecular weight excluding hydrogens is 192 g/mol. The van der Waals surface area contributed by atoms with Crippen LogP contribution in [0.15, 0.2) is 0 Å². The van der Waals surface area contributed by atoms with E-state index in [1.807, 2.05) is 0 Å². The van der Waals surface area contributed by atoms with Crippen molar-refractivity contribution in [2.45, 2.75) is 58.5 Å². The average Bonchev–Trinajstić information content (AvgIpc) is 2.87. The Hall–Kier alpha value is -0.310. The predicted molar refractivity (Wildman–Crippen MR) is 65.5 cm³/mol. The highest BCUT2D eigenvalue weighted by atomic mass is 32.1. The second kappa shape index (κ2) is 5.54. The second-order valence-corrected chi connectivity index (χ2v) is 4.77. The minimum absolute atomic E-state index is 0.449. The van der Waals surface area contributed by atoms with Crippen LogP contribution in [0.1, 0.15) is 46.5 Å². The van der Waals surface area contributed by atoms with Crippen LogP contribution in [0.2, 0.25) is 0 Å². The largest absolute Gasteiger partial charge is 0.360 e. The van der Waals surface area contributed by atoms with Crippen LogP contribution in [0.4, 0.5) is 0 Å². The van der Waals surface area contributed by atoms with E-state index in [2.05, 4.69) is 31.0 Å². The zero-order chi connectivity index (χ0) is 10.6. The van der Waals surface area contributed by atoms with Gasteiger partial charge in [0.05, 0.1) is 0 Å². The van der Waals surface area contributed by atoms with Crippen molar-refractivity contribution in [2.24, 2.45) is 0 Å². The van der Waals surface area contributed by atoms with E-state index in [1.54, 1.807) is 0 Å². The van der Waals surface area contributed by atoms with Gasteiger partial charge in [0.1, 0.15) is 0 Å². The molecule has 1 N–H and O–H groups in total. The molecule has 0 heterocycles. The number of unbranched alkanes of at least 4 members (excludes halogenated alkanes) is 1. The van der Waals surface area contributed by atoms with Gasteiger partial charge in [-0.15, -0.1) is 0 Å². The maximum atomic E-state index is 5.40. The lowest BCUT2D eigenvalue weighted by atomic mass is 10.3. The molecule has 0 amide bonds. The highest BCUT2D eigenvalue weighted by Gasteiger charge is 2.30. The molecule has 82 valence electrons. The fraction of sp³-hybridized carbons (Fsp3) is 0.909. The third kappa shape index (κ3) is 3.82. The summed E-state index contributed by atoms with van der Waals surface area (Å²) in [5.41, 5.74) is 0. The van der Waals surface area contributed by atoms with Gasteiger partial charge in [-0.25, -0.2) is 0 Å². The molecule has 0 unspecified atom stereocenters. The quantitative estimate of drug-likeness (QED) is 0.708. The Balaban J connectivity index is 2.36. The summed E-state index contributed by atoms with van der Waals surface area (Å²) in [6.07, 6.45) is 5.14. The second-order valence-electron chi connectivity index (χ2n) is 4.38. The first-order valence-corrected chi connectivity index (χ1v) is 6.13. The smallest absolute Gasteiger partial charge is 0.169 e. The zero-order valence-electron chi connectivity index (χ0n) is 9.55. The predicted octanol–water partition coefficient (Wildman–Crippen LogP) is 2.53. The van der Waals surface area contributed by atoms with E-state index in [1.165, 1.54) is 25.7 Å². The van der Waals surface area contributed by atoms with Gasteiger partial charge in [-0.1, -0.05) is 13.3 Å². The lowest BCUT2D eigenvalue weighted by Crippen LogP contribution is -2.44. The Kier molecular flexibility index (Phi) is 4.66. The lowest BCUT2D eigenvalue weighted by Gasteiger charge is -2.27. The third-order valence-electron chi connectivity index (χ3n) is 2.41. The van der Waals surface area contributed by atoms with Gasteiger partial charge in [0, 0.05) is 18.6 Å². The molecule has 0 radical (unpaired) electrons. The number of hydrogen-bond acceptors (Lipinski definition) is 1. The van der Waals surface area contributed by atoms with Gasteiger partial charge in [0.2, 0.25) is 0 Å². The van der Waals surface area contributed by atoms with E-state index >= 15 is 0 Å². The maximum Gasteiger partial charge on any atom is 0.169 e. The Morgan fingerprint density at radius 3 is 2.57 bits per heavy atom. The molecule has 2 nitrogen and oxygen atoms in total. The summed E-state index contributed by atoms with van der Waals surface area (Å²) < 4.78 is 0. The molecule has 0 atom stereocenters. The minimum atomic E-state index is 0.449. The van der Waals surface area contributed by atoms with Gasteiger partial charge in [-0.3, -0.25) is 0 Å². The van der Waals surface area contributed by atoms with Gasteiger partial charge >= 0.3 is 0 Å². The summed E-state index contributed by atoms with van der Waals surface area (Å²) in [6, 6.07) is 1.19. The maximum absolute atomic E-state index is 5.40. The molecule has 0 aromatic rings. The van der Waals surface area contributed by atoms with Crippen LogP contribution >= 0.6 is 12.2 Å². The number of hydrogen-bond donors (Lipinski definition) is 1. The summed E-state index contributed by atoms with van der Waals surface area (Å²) in [6.45, 7) is 7.62. The van der Waals surface area contributed by atoms with Crippen molar-refractivity contribution in [3.05, 3.63) is 0 Å². The monoisotopic (exact) mass is 214 g/mol. The van der Waals surface area contributed by atoms with Gasteiger partial charge in [0.15, 0.2) is 5.11 Å². The Morgan fingerprint density at radius 1 is 1.50 bits per heavy atom. The van der Waals surface area contributed by atoms with Gasteiger partial charge < -0.3 is 10.2 Å². The molecule has 0 aromatic heterocycles. The van der Waals surface area contributed by atoms with Crippen molar-refractivity contribution in [2.75, 3.05) is 6.54 Å². The Bertz CT molecular complexity index is 188. The summed E-state index contributed by atoms with van der Waals surface area (Å²) in [4.78, 5) is 2.37. The van der Waals surface area contributed by atoms with E-state index in [9.17, 15) is 0 Å². The standard InChI is InChI=1S/C11H22N2S/c1-4-5-8-13(10-6-7-10)11(14)12-9(2)3/h9-10H,4-8H2,1-3H3,(H,12,14). The van der Waals surface area contributed by atoms with Crippen LogP contribution in [0, 0.1) is 0 Å². The molecule has 0 bridgehead atoms. The number of nitrogens with one attached hydrogen (secondary N) is 1. The number of thiocarbonyl (C=S) groups is 1. The zero-order valence-corrected chi connectivity index (χ0v) is 10.4. The van der Waals surface area contributed by atoms with E-state index in [-0.39, 0.29) is 0 Å². The number of rotatable bonds is 5. The highest BCUT2D eigenvalue weighted by Crippen LogP contribution is 2.27. The Morgan fingerprint density at radius 2 is 2.14 bits per heavy atom. The first kappa shape index (κ1) is 11.8. The van der Waals surface area contributed by atoms with Crippen LogP contribution in [0.25, 0.3) is 0 Å². The lowest BCUT2D eigenvalue weighted by molar-refractivity contribution is 0.388.